The number of ether oxygens (including phenoxy) is 2. The van der Waals surface area contributed by atoms with Gasteiger partial charge in [-0.1, -0.05) is 54.5 Å². The highest BCUT2D eigenvalue weighted by Crippen LogP contribution is 2.36. The van der Waals surface area contributed by atoms with Crippen LogP contribution in [-0.4, -0.2) is 50.3 Å². The summed E-state index contributed by atoms with van der Waals surface area (Å²) in [5.41, 5.74) is 1.55. The topological polar surface area (TPSA) is 38.8 Å². The van der Waals surface area contributed by atoms with E-state index in [0.29, 0.717) is 6.61 Å². The normalized spacial score (nSPS) is 22.7. The Balaban J connectivity index is 1.10. The molecule has 1 aliphatic heterocycles. The highest BCUT2D eigenvalue weighted by Gasteiger charge is 2.24. The van der Waals surface area contributed by atoms with E-state index in [9.17, 15) is 4.79 Å². The Kier molecular flexibility index (Phi) is 11.5. The molecule has 4 rings (SSSR count). The van der Waals surface area contributed by atoms with Gasteiger partial charge in [-0.25, -0.2) is 4.79 Å². The maximum absolute atomic E-state index is 12.4. The van der Waals surface area contributed by atoms with E-state index in [0.717, 1.165) is 62.4 Å². The Bertz CT molecular complexity index is 922. The second-order valence-electron chi connectivity index (χ2n) is 10.3. The number of hydrogen-bond acceptors (Lipinski definition) is 5. The molecule has 0 aromatic carbocycles. The van der Waals surface area contributed by atoms with Gasteiger partial charge in [-0.05, 0) is 81.8 Å². The molecule has 0 spiro atoms. The molecule has 2 heterocycles. The van der Waals surface area contributed by atoms with E-state index in [2.05, 4.69) is 53.5 Å². The van der Waals surface area contributed by atoms with Gasteiger partial charge in [-0.3, -0.25) is 4.90 Å². The van der Waals surface area contributed by atoms with E-state index in [-0.39, 0.29) is 5.97 Å². The van der Waals surface area contributed by atoms with E-state index in [4.69, 9.17) is 9.47 Å². The lowest BCUT2D eigenvalue weighted by Crippen LogP contribution is -2.38. The molecular weight excluding hydrogens is 466 g/mol. The monoisotopic (exact) mass is 509 g/mol. The first-order valence-corrected chi connectivity index (χ1v) is 14.8. The van der Waals surface area contributed by atoms with E-state index in [1.807, 2.05) is 6.07 Å². The number of carbonyl (C=O) groups is 1. The first kappa shape index (κ1) is 27.1. The van der Waals surface area contributed by atoms with Gasteiger partial charge in [0.2, 0.25) is 0 Å². The molecule has 0 amide bonds. The van der Waals surface area contributed by atoms with Crippen LogP contribution in [0.15, 0.2) is 60.2 Å². The van der Waals surface area contributed by atoms with Gasteiger partial charge in [0, 0.05) is 24.5 Å². The summed E-state index contributed by atoms with van der Waals surface area (Å²) in [6.45, 7) is 4.64. The number of morpholine rings is 1. The first-order valence-electron chi connectivity index (χ1n) is 14.0. The van der Waals surface area contributed by atoms with Crippen LogP contribution < -0.4 is 0 Å². The maximum atomic E-state index is 12.4. The van der Waals surface area contributed by atoms with Crippen molar-refractivity contribution in [2.45, 2.75) is 64.2 Å². The Labute approximate surface area is 221 Å². The SMILES string of the molecule is O=C(OCCN1CCOCC1)c1ccc(CCC[C@H]2CCCC2/C=C/CCCC2=CC=CC=CC2)s1. The minimum atomic E-state index is -0.177. The van der Waals surface area contributed by atoms with Crippen molar-refractivity contribution in [2.24, 2.45) is 11.8 Å². The largest absolute Gasteiger partial charge is 0.460 e. The Morgan fingerprint density at radius 3 is 2.94 bits per heavy atom. The van der Waals surface area contributed by atoms with Gasteiger partial charge in [0.25, 0.3) is 0 Å². The summed E-state index contributed by atoms with van der Waals surface area (Å²) < 4.78 is 10.9. The number of nitrogens with zero attached hydrogens (tertiary/aromatic N) is 1. The fourth-order valence-corrected chi connectivity index (χ4v) is 6.47. The van der Waals surface area contributed by atoms with Crippen molar-refractivity contribution in [1.82, 2.24) is 4.90 Å². The highest BCUT2D eigenvalue weighted by atomic mass is 32.1. The molecule has 3 aliphatic rings. The molecular formula is C31H43NO3S. The molecule has 1 saturated heterocycles. The van der Waals surface area contributed by atoms with Crippen LogP contribution in [0.3, 0.4) is 0 Å². The molecule has 1 aromatic rings. The van der Waals surface area contributed by atoms with Gasteiger partial charge in [0.05, 0.1) is 13.2 Å². The molecule has 0 bridgehead atoms. The van der Waals surface area contributed by atoms with Crippen LogP contribution in [0.1, 0.15) is 72.3 Å². The van der Waals surface area contributed by atoms with E-state index in [1.54, 1.807) is 16.9 Å². The van der Waals surface area contributed by atoms with Crippen LogP contribution in [0.25, 0.3) is 0 Å². The predicted octanol–water partition coefficient (Wildman–Crippen LogP) is 7.15. The third-order valence-corrected chi connectivity index (χ3v) is 8.77. The fourth-order valence-electron chi connectivity index (χ4n) is 5.53. The molecule has 196 valence electrons. The van der Waals surface area contributed by atoms with Crippen molar-refractivity contribution in [3.63, 3.8) is 0 Å². The molecule has 4 nitrogen and oxygen atoms in total. The molecule has 2 atom stereocenters. The van der Waals surface area contributed by atoms with Gasteiger partial charge in [0.15, 0.2) is 0 Å². The molecule has 0 radical (unpaired) electrons. The van der Waals surface area contributed by atoms with Gasteiger partial charge in [-0.15, -0.1) is 11.3 Å². The summed E-state index contributed by atoms with van der Waals surface area (Å²) in [5, 5.41) is 0. The summed E-state index contributed by atoms with van der Waals surface area (Å²) >= 11 is 1.61. The third kappa shape index (κ3) is 9.17. The predicted molar refractivity (Wildman–Crippen MR) is 150 cm³/mol. The minimum absolute atomic E-state index is 0.177. The van der Waals surface area contributed by atoms with Crippen molar-refractivity contribution < 1.29 is 14.3 Å². The van der Waals surface area contributed by atoms with Crippen molar-refractivity contribution in [3.8, 4) is 0 Å². The fraction of sp³-hybridized carbons (Fsp3) is 0.581. The lowest BCUT2D eigenvalue weighted by atomic mass is 9.90. The summed E-state index contributed by atoms with van der Waals surface area (Å²) in [5.74, 6) is 1.41. The molecule has 1 unspecified atom stereocenters. The quantitative estimate of drug-likeness (QED) is 0.161. The minimum Gasteiger partial charge on any atom is -0.460 e. The van der Waals surface area contributed by atoms with Gasteiger partial charge in [-0.2, -0.15) is 0 Å². The lowest BCUT2D eigenvalue weighted by molar-refractivity contribution is 0.0197. The van der Waals surface area contributed by atoms with Crippen molar-refractivity contribution in [1.29, 1.82) is 0 Å². The van der Waals surface area contributed by atoms with Gasteiger partial charge in [0.1, 0.15) is 11.5 Å². The molecule has 1 aromatic heterocycles. The number of esters is 1. The maximum Gasteiger partial charge on any atom is 0.348 e. The Hall–Kier alpha value is -1.95. The van der Waals surface area contributed by atoms with Crippen LogP contribution in [-0.2, 0) is 15.9 Å². The highest BCUT2D eigenvalue weighted by molar-refractivity contribution is 7.13. The molecule has 2 fully saturated rings. The summed E-state index contributed by atoms with van der Waals surface area (Å²) in [6.07, 6.45) is 28.3. The van der Waals surface area contributed by atoms with Gasteiger partial charge >= 0.3 is 5.97 Å². The van der Waals surface area contributed by atoms with Crippen LogP contribution in [0.2, 0.25) is 0 Å². The average Bonchev–Trinajstić information content (AvgIpc) is 3.48. The number of carbonyl (C=O) groups excluding carboxylic acids is 1. The van der Waals surface area contributed by atoms with Crippen LogP contribution in [0, 0.1) is 11.8 Å². The molecule has 5 heteroatoms. The number of thiophene rings is 1. The second kappa shape index (κ2) is 15.3. The number of hydrogen-bond donors (Lipinski definition) is 0. The number of rotatable bonds is 13. The lowest BCUT2D eigenvalue weighted by Gasteiger charge is -2.26. The number of aryl methyl sites for hydroxylation is 1. The van der Waals surface area contributed by atoms with Crippen molar-refractivity contribution in [2.75, 3.05) is 39.5 Å². The molecule has 1 saturated carbocycles. The zero-order valence-corrected chi connectivity index (χ0v) is 22.6. The van der Waals surface area contributed by atoms with Crippen LogP contribution >= 0.6 is 11.3 Å². The van der Waals surface area contributed by atoms with Gasteiger partial charge < -0.3 is 9.47 Å². The first-order chi connectivity index (χ1) is 17.8. The standard InChI is InChI=1S/C31H43NO3S/c33-31(35-25-22-32-20-23-34-24-21-32)30-19-18-29(36-30)17-9-16-28-15-8-14-27(28)13-7-3-6-12-26-10-4-1-2-5-11-26/h1-2,4-5,7,10,13,18-19,27-28H,3,6,8-9,11-12,14-17,20-25H2/b13-7+/t27?,28-/m1/s1. The van der Waals surface area contributed by atoms with E-state index in [1.165, 1.54) is 56.2 Å². The zero-order valence-electron chi connectivity index (χ0n) is 21.7. The second-order valence-corrected chi connectivity index (χ2v) is 11.4. The third-order valence-electron chi connectivity index (χ3n) is 7.65. The summed E-state index contributed by atoms with van der Waals surface area (Å²) in [4.78, 5) is 16.7. The Morgan fingerprint density at radius 1 is 1.11 bits per heavy atom. The summed E-state index contributed by atoms with van der Waals surface area (Å²) in [7, 11) is 0. The van der Waals surface area contributed by atoms with E-state index >= 15 is 0 Å². The van der Waals surface area contributed by atoms with Crippen molar-refractivity contribution >= 4 is 17.3 Å². The number of allylic oxidation sites excluding steroid dienone is 8. The number of unbranched alkanes of at least 4 members (excludes halogenated alkanes) is 1. The molecule has 0 N–H and O–H groups in total. The summed E-state index contributed by atoms with van der Waals surface area (Å²) in [6, 6.07) is 4.06. The van der Waals surface area contributed by atoms with Crippen molar-refractivity contribution in [3.05, 3.63) is 70.0 Å². The molecule has 2 aliphatic carbocycles. The Morgan fingerprint density at radius 2 is 2.03 bits per heavy atom. The van der Waals surface area contributed by atoms with E-state index < -0.39 is 0 Å². The van der Waals surface area contributed by atoms with Crippen LogP contribution in [0.5, 0.6) is 0 Å². The van der Waals surface area contributed by atoms with Crippen LogP contribution in [0.4, 0.5) is 0 Å². The average molecular weight is 510 g/mol. The molecule has 36 heavy (non-hydrogen) atoms. The zero-order chi connectivity index (χ0) is 24.8. The smallest absolute Gasteiger partial charge is 0.348 e.